The number of amides is 1. The number of Topliss-reactive ketones (excluding diaryl/α,β-unsaturated/α-hetero) is 1. The number of benzene rings is 2. The maximum atomic E-state index is 13.4. The lowest BCUT2D eigenvalue weighted by atomic mass is 10.1. The quantitative estimate of drug-likeness (QED) is 0.872. The highest BCUT2D eigenvalue weighted by Crippen LogP contribution is 2.08. The summed E-state index contributed by atoms with van der Waals surface area (Å²) in [5.74, 6) is -2.62. The second kappa shape index (κ2) is 6.06. The molecule has 1 amide bonds. The Balaban J connectivity index is 2.03. The maximum absolute atomic E-state index is 13.4. The first-order valence-corrected chi connectivity index (χ1v) is 5.90. The summed E-state index contributed by atoms with van der Waals surface area (Å²) in [7, 11) is 0. The third-order valence-corrected chi connectivity index (χ3v) is 2.70. The number of carbonyl (C=O) groups excluding carboxylic acids is 2. The highest BCUT2D eigenvalue weighted by atomic mass is 19.1. The zero-order valence-corrected chi connectivity index (χ0v) is 10.4. The minimum absolute atomic E-state index is 0.110. The van der Waals surface area contributed by atoms with Gasteiger partial charge in [-0.15, -0.1) is 0 Å². The molecular weight excluding hydrogens is 264 g/mol. The summed E-state index contributed by atoms with van der Waals surface area (Å²) in [4.78, 5) is 23.4. The van der Waals surface area contributed by atoms with Gasteiger partial charge in [-0.25, -0.2) is 8.78 Å². The number of nitrogens with one attached hydrogen (secondary N) is 1. The van der Waals surface area contributed by atoms with E-state index in [9.17, 15) is 18.4 Å². The fraction of sp³-hybridized carbons (Fsp3) is 0.0667. The molecule has 0 unspecified atom stereocenters. The van der Waals surface area contributed by atoms with E-state index in [1.807, 2.05) is 0 Å². The number of carbonyl (C=O) groups is 2. The van der Waals surface area contributed by atoms with Crippen LogP contribution in [0.1, 0.15) is 20.7 Å². The standard InChI is InChI=1S/C15H11F2NO2/c16-12-7-3-1-5-10(12)14(19)9-18-15(20)11-6-2-4-8-13(11)17/h1-8H,9H2,(H,18,20). The van der Waals surface area contributed by atoms with Crippen molar-refractivity contribution in [2.75, 3.05) is 6.54 Å². The zero-order valence-electron chi connectivity index (χ0n) is 10.4. The minimum Gasteiger partial charge on any atom is -0.344 e. The van der Waals surface area contributed by atoms with Gasteiger partial charge in [-0.1, -0.05) is 24.3 Å². The first-order chi connectivity index (χ1) is 9.59. The van der Waals surface area contributed by atoms with E-state index in [1.165, 1.54) is 36.4 Å². The molecule has 2 aromatic rings. The first kappa shape index (κ1) is 13.9. The van der Waals surface area contributed by atoms with Crippen LogP contribution < -0.4 is 5.32 Å². The lowest BCUT2D eigenvalue weighted by Gasteiger charge is -2.06. The lowest BCUT2D eigenvalue weighted by Crippen LogP contribution is -2.30. The van der Waals surface area contributed by atoms with Crippen molar-refractivity contribution < 1.29 is 18.4 Å². The number of halogens is 2. The Hall–Kier alpha value is -2.56. The molecule has 5 heteroatoms. The van der Waals surface area contributed by atoms with Gasteiger partial charge in [-0.2, -0.15) is 0 Å². The molecule has 0 radical (unpaired) electrons. The van der Waals surface area contributed by atoms with Crippen molar-refractivity contribution in [1.82, 2.24) is 5.32 Å². The predicted molar refractivity (Wildman–Crippen MR) is 69.5 cm³/mol. The van der Waals surface area contributed by atoms with Gasteiger partial charge in [0.25, 0.3) is 5.91 Å². The number of rotatable bonds is 4. The first-order valence-electron chi connectivity index (χ1n) is 5.90. The van der Waals surface area contributed by atoms with Crippen LogP contribution in [-0.4, -0.2) is 18.2 Å². The summed E-state index contributed by atoms with van der Waals surface area (Å²) in [6.45, 7) is -0.395. The number of ketones is 1. The molecule has 0 aliphatic rings. The molecule has 0 bridgehead atoms. The Morgan fingerprint density at radius 1 is 0.850 bits per heavy atom. The monoisotopic (exact) mass is 275 g/mol. The smallest absolute Gasteiger partial charge is 0.254 e. The van der Waals surface area contributed by atoms with Crippen LogP contribution in [0.2, 0.25) is 0 Å². The molecule has 0 spiro atoms. The van der Waals surface area contributed by atoms with Crippen LogP contribution in [0, 0.1) is 11.6 Å². The van der Waals surface area contributed by atoms with Crippen LogP contribution in [0.4, 0.5) is 8.78 Å². The van der Waals surface area contributed by atoms with Crippen LogP contribution in [0.5, 0.6) is 0 Å². The third-order valence-electron chi connectivity index (χ3n) is 2.70. The average molecular weight is 275 g/mol. The third kappa shape index (κ3) is 3.06. The normalized spacial score (nSPS) is 10.1. The molecule has 3 nitrogen and oxygen atoms in total. The Labute approximate surface area is 114 Å². The molecule has 2 aromatic carbocycles. The van der Waals surface area contributed by atoms with E-state index in [-0.39, 0.29) is 11.1 Å². The number of hydrogen-bond acceptors (Lipinski definition) is 2. The Bertz CT molecular complexity index is 598. The van der Waals surface area contributed by atoms with Gasteiger partial charge in [0, 0.05) is 0 Å². The molecule has 0 heterocycles. The molecular formula is C15H11F2NO2. The van der Waals surface area contributed by atoms with E-state index in [4.69, 9.17) is 0 Å². The van der Waals surface area contributed by atoms with E-state index in [0.717, 1.165) is 12.1 Å². The molecule has 0 fully saturated rings. The summed E-state index contributed by atoms with van der Waals surface area (Å²) >= 11 is 0. The largest absolute Gasteiger partial charge is 0.344 e. The van der Waals surface area contributed by atoms with E-state index < -0.39 is 29.9 Å². The number of hydrogen-bond donors (Lipinski definition) is 1. The molecule has 0 saturated carbocycles. The second-order valence-electron chi connectivity index (χ2n) is 4.07. The van der Waals surface area contributed by atoms with Crippen molar-refractivity contribution in [3.05, 3.63) is 71.3 Å². The molecule has 0 aliphatic heterocycles. The molecule has 0 atom stereocenters. The highest BCUT2D eigenvalue weighted by molar-refractivity contribution is 6.02. The predicted octanol–water partition coefficient (Wildman–Crippen LogP) is 2.58. The van der Waals surface area contributed by atoms with Crippen LogP contribution >= 0.6 is 0 Å². The lowest BCUT2D eigenvalue weighted by molar-refractivity contribution is 0.0899. The Morgan fingerprint density at radius 3 is 1.90 bits per heavy atom. The van der Waals surface area contributed by atoms with Crippen molar-refractivity contribution in [3.63, 3.8) is 0 Å². The zero-order chi connectivity index (χ0) is 14.5. The fourth-order valence-electron chi connectivity index (χ4n) is 1.68. The highest BCUT2D eigenvalue weighted by Gasteiger charge is 2.14. The van der Waals surface area contributed by atoms with Gasteiger partial charge in [0.2, 0.25) is 0 Å². The molecule has 1 N–H and O–H groups in total. The van der Waals surface area contributed by atoms with Crippen molar-refractivity contribution >= 4 is 11.7 Å². The second-order valence-corrected chi connectivity index (χ2v) is 4.07. The van der Waals surface area contributed by atoms with E-state index in [2.05, 4.69) is 5.32 Å². The molecule has 102 valence electrons. The molecule has 0 saturated heterocycles. The van der Waals surface area contributed by atoms with Crippen LogP contribution in [0.25, 0.3) is 0 Å². The van der Waals surface area contributed by atoms with Crippen molar-refractivity contribution in [1.29, 1.82) is 0 Å². The van der Waals surface area contributed by atoms with Gasteiger partial charge in [-0.3, -0.25) is 9.59 Å². The molecule has 20 heavy (non-hydrogen) atoms. The van der Waals surface area contributed by atoms with Crippen molar-refractivity contribution in [2.45, 2.75) is 0 Å². The van der Waals surface area contributed by atoms with Gasteiger partial charge in [0.15, 0.2) is 5.78 Å². The SMILES string of the molecule is O=C(CNC(=O)c1ccccc1F)c1ccccc1F. The maximum Gasteiger partial charge on any atom is 0.254 e. The van der Waals surface area contributed by atoms with E-state index in [0.29, 0.717) is 0 Å². The van der Waals surface area contributed by atoms with E-state index in [1.54, 1.807) is 0 Å². The van der Waals surface area contributed by atoms with Gasteiger partial charge in [0.1, 0.15) is 11.6 Å². The molecule has 2 rings (SSSR count). The molecule has 0 aromatic heterocycles. The Kier molecular flexibility index (Phi) is 4.20. The van der Waals surface area contributed by atoms with Crippen LogP contribution in [-0.2, 0) is 0 Å². The van der Waals surface area contributed by atoms with E-state index >= 15 is 0 Å². The summed E-state index contributed by atoms with van der Waals surface area (Å²) in [5.41, 5.74) is -0.268. The fourth-order valence-corrected chi connectivity index (χ4v) is 1.68. The summed E-state index contributed by atoms with van der Waals surface area (Å²) < 4.78 is 26.7. The van der Waals surface area contributed by atoms with Gasteiger partial charge in [-0.05, 0) is 24.3 Å². The molecule has 0 aliphatic carbocycles. The van der Waals surface area contributed by atoms with Crippen LogP contribution in [0.3, 0.4) is 0 Å². The topological polar surface area (TPSA) is 46.2 Å². The minimum atomic E-state index is -0.715. The van der Waals surface area contributed by atoms with Crippen LogP contribution in [0.15, 0.2) is 48.5 Å². The Morgan fingerprint density at radius 2 is 1.35 bits per heavy atom. The van der Waals surface area contributed by atoms with Gasteiger partial charge in [0.05, 0.1) is 17.7 Å². The average Bonchev–Trinajstić information content (AvgIpc) is 2.45. The summed E-state index contributed by atoms with van der Waals surface area (Å²) in [5, 5.41) is 2.27. The van der Waals surface area contributed by atoms with Gasteiger partial charge < -0.3 is 5.32 Å². The van der Waals surface area contributed by atoms with Crippen molar-refractivity contribution in [2.24, 2.45) is 0 Å². The van der Waals surface area contributed by atoms with Gasteiger partial charge >= 0.3 is 0 Å². The summed E-state index contributed by atoms with van der Waals surface area (Å²) in [6, 6.07) is 10.9. The summed E-state index contributed by atoms with van der Waals surface area (Å²) in [6.07, 6.45) is 0. The van der Waals surface area contributed by atoms with Crippen molar-refractivity contribution in [3.8, 4) is 0 Å².